The topological polar surface area (TPSA) is 93.1 Å². The van der Waals surface area contributed by atoms with Crippen LogP contribution in [0, 0.1) is 0 Å². The molecule has 0 saturated carbocycles. The summed E-state index contributed by atoms with van der Waals surface area (Å²) in [6.07, 6.45) is -0.171. The first-order valence-corrected chi connectivity index (χ1v) is 4.45. The maximum Gasteiger partial charge on any atom is 0.694 e. The third-order valence-electron chi connectivity index (χ3n) is 0.962. The minimum absolute atomic E-state index is 0.298. The minimum atomic E-state index is -2.73. The lowest BCUT2D eigenvalue weighted by Crippen LogP contribution is -2.21. The summed E-state index contributed by atoms with van der Waals surface area (Å²) in [5.41, 5.74) is 0. The van der Waals surface area contributed by atoms with Crippen LogP contribution >= 0.6 is 8.25 Å². The second-order valence-electron chi connectivity index (χ2n) is 2.02. The smallest absolute Gasteiger partial charge is 0.460 e. The van der Waals surface area contributed by atoms with Crippen molar-refractivity contribution in [3.05, 3.63) is 12.7 Å². The molecule has 0 amide bonds. The van der Waals surface area contributed by atoms with Crippen molar-refractivity contribution in [3.8, 4) is 0 Å². The lowest BCUT2D eigenvalue weighted by molar-refractivity contribution is -0.141. The molecule has 74 valence electrons. The van der Waals surface area contributed by atoms with Crippen molar-refractivity contribution in [1.29, 1.82) is 0 Å². The van der Waals surface area contributed by atoms with Crippen molar-refractivity contribution in [2.75, 3.05) is 13.2 Å². The third-order valence-corrected chi connectivity index (χ3v) is 1.33. The van der Waals surface area contributed by atoms with Crippen LogP contribution in [0.4, 0.5) is 0 Å². The summed E-state index contributed by atoms with van der Waals surface area (Å²) in [5.74, 6) is -0.674. The highest BCUT2D eigenvalue weighted by Crippen LogP contribution is 2.14. The number of aliphatic hydroxyl groups is 1. The highest BCUT2D eigenvalue weighted by molar-refractivity contribution is 7.32. The number of esters is 1. The first kappa shape index (κ1) is 12.2. The Hall–Kier alpha value is -0.810. The summed E-state index contributed by atoms with van der Waals surface area (Å²) >= 11 is 0. The van der Waals surface area contributed by atoms with Gasteiger partial charge in [0.2, 0.25) is 0 Å². The Morgan fingerprint density at radius 2 is 2.23 bits per heavy atom. The van der Waals surface area contributed by atoms with E-state index in [0.717, 1.165) is 6.08 Å². The molecule has 0 aliphatic heterocycles. The number of hydrogen-bond acceptors (Lipinski definition) is 5. The fraction of sp³-hybridized carbons (Fsp3) is 0.500. The fourth-order valence-electron chi connectivity index (χ4n) is 0.435. The molecule has 0 aromatic carbocycles. The molecule has 6 nitrogen and oxygen atoms in total. The average molecular weight is 209 g/mol. The molecule has 0 heterocycles. The normalized spacial score (nSPS) is 13.2. The van der Waals surface area contributed by atoms with Crippen LogP contribution in [0.2, 0.25) is 0 Å². The number of carbonyl (C=O) groups is 1. The number of ether oxygens (including phenoxy) is 1. The zero-order valence-corrected chi connectivity index (χ0v) is 7.65. The SMILES string of the molecule is C=CC(=O)OCC(O)CO[P+](=O)O. The predicted molar refractivity (Wildman–Crippen MR) is 42.9 cm³/mol. The van der Waals surface area contributed by atoms with E-state index in [1.165, 1.54) is 0 Å². The molecule has 7 heteroatoms. The molecular formula is C6H10O6P+. The van der Waals surface area contributed by atoms with Crippen LogP contribution in [0.15, 0.2) is 12.7 Å². The highest BCUT2D eigenvalue weighted by atomic mass is 31.1. The maximum atomic E-state index is 10.5. The van der Waals surface area contributed by atoms with E-state index in [2.05, 4.69) is 15.8 Å². The molecule has 0 aromatic rings. The Balaban J connectivity index is 3.50. The molecule has 0 spiro atoms. The molecular weight excluding hydrogens is 199 g/mol. The molecule has 2 unspecified atom stereocenters. The van der Waals surface area contributed by atoms with Crippen molar-refractivity contribution >= 4 is 14.2 Å². The van der Waals surface area contributed by atoms with E-state index in [0.29, 0.717) is 0 Å². The summed E-state index contributed by atoms with van der Waals surface area (Å²) in [5, 5.41) is 8.97. The van der Waals surface area contributed by atoms with Crippen molar-refractivity contribution in [2.45, 2.75) is 6.10 Å². The molecule has 0 saturated heterocycles. The first-order valence-electron chi connectivity index (χ1n) is 3.32. The van der Waals surface area contributed by atoms with E-state index >= 15 is 0 Å². The Morgan fingerprint density at radius 3 is 2.69 bits per heavy atom. The van der Waals surface area contributed by atoms with Gasteiger partial charge in [-0.1, -0.05) is 6.58 Å². The average Bonchev–Trinajstić information content (AvgIpc) is 2.10. The second-order valence-corrected chi connectivity index (χ2v) is 2.76. The molecule has 0 bridgehead atoms. The van der Waals surface area contributed by atoms with Gasteiger partial charge < -0.3 is 9.84 Å². The monoisotopic (exact) mass is 209 g/mol. The van der Waals surface area contributed by atoms with Crippen molar-refractivity contribution in [3.63, 3.8) is 0 Å². The predicted octanol–water partition coefficient (Wildman–Crippen LogP) is -0.257. The van der Waals surface area contributed by atoms with Gasteiger partial charge in [0.15, 0.2) is 0 Å². The van der Waals surface area contributed by atoms with E-state index in [4.69, 9.17) is 10.00 Å². The molecule has 2 N–H and O–H groups in total. The Kier molecular flexibility index (Phi) is 6.26. The van der Waals surface area contributed by atoms with Gasteiger partial charge in [-0.05, 0) is 0 Å². The maximum absolute atomic E-state index is 10.5. The van der Waals surface area contributed by atoms with E-state index < -0.39 is 20.3 Å². The van der Waals surface area contributed by atoms with Crippen LogP contribution in [0.1, 0.15) is 0 Å². The third kappa shape index (κ3) is 7.55. The van der Waals surface area contributed by atoms with Gasteiger partial charge >= 0.3 is 14.2 Å². The van der Waals surface area contributed by atoms with Crippen LogP contribution < -0.4 is 0 Å². The van der Waals surface area contributed by atoms with Crippen LogP contribution in [-0.2, 0) is 18.6 Å². The fourth-order valence-corrected chi connectivity index (χ4v) is 0.735. The number of hydrogen-bond donors (Lipinski definition) is 2. The van der Waals surface area contributed by atoms with Crippen LogP contribution in [0.3, 0.4) is 0 Å². The second kappa shape index (κ2) is 6.68. The Labute approximate surface area is 75.7 Å². The van der Waals surface area contributed by atoms with E-state index in [1.54, 1.807) is 0 Å². The standard InChI is InChI=1S/C6H9O6P/c1-2-6(8)11-3-5(7)4-12-13(9)10/h2,5,7H,1,3-4H2/p+1. The van der Waals surface area contributed by atoms with E-state index in [-0.39, 0.29) is 13.2 Å². The van der Waals surface area contributed by atoms with Crippen LogP contribution in [0.25, 0.3) is 0 Å². The van der Waals surface area contributed by atoms with Gasteiger partial charge in [-0.25, -0.2) is 4.79 Å². The molecule has 13 heavy (non-hydrogen) atoms. The molecule has 0 radical (unpaired) electrons. The molecule has 0 aromatic heterocycles. The van der Waals surface area contributed by atoms with Crippen molar-refractivity contribution < 1.29 is 28.6 Å². The molecule has 0 aliphatic carbocycles. The summed E-state index contributed by atoms with van der Waals surface area (Å²) < 4.78 is 18.6. The van der Waals surface area contributed by atoms with E-state index in [1.807, 2.05) is 0 Å². The Bertz CT molecular complexity index is 203. The molecule has 0 rings (SSSR count). The molecule has 2 atom stereocenters. The molecule has 0 aliphatic rings. The first-order chi connectivity index (χ1) is 6.06. The van der Waals surface area contributed by atoms with Gasteiger partial charge in [0.1, 0.15) is 19.3 Å². The van der Waals surface area contributed by atoms with Gasteiger partial charge in [0.25, 0.3) is 0 Å². The van der Waals surface area contributed by atoms with E-state index in [9.17, 15) is 9.36 Å². The number of carbonyl (C=O) groups excluding carboxylic acids is 1. The zero-order chi connectivity index (χ0) is 10.3. The minimum Gasteiger partial charge on any atom is -0.460 e. The number of aliphatic hydroxyl groups excluding tert-OH is 1. The highest BCUT2D eigenvalue weighted by Gasteiger charge is 2.16. The van der Waals surface area contributed by atoms with Gasteiger partial charge in [-0.2, -0.15) is 0 Å². The molecule has 0 fully saturated rings. The largest absolute Gasteiger partial charge is 0.694 e. The quantitative estimate of drug-likeness (QED) is 0.355. The van der Waals surface area contributed by atoms with Gasteiger partial charge in [0, 0.05) is 10.6 Å². The lowest BCUT2D eigenvalue weighted by atomic mass is 10.4. The van der Waals surface area contributed by atoms with Crippen molar-refractivity contribution in [1.82, 2.24) is 0 Å². The van der Waals surface area contributed by atoms with Gasteiger partial charge in [-0.3, -0.25) is 0 Å². The summed E-state index contributed by atoms with van der Waals surface area (Å²) in [6, 6.07) is 0. The lowest BCUT2D eigenvalue weighted by Gasteiger charge is -2.05. The van der Waals surface area contributed by atoms with Crippen LogP contribution in [-0.4, -0.2) is 35.3 Å². The van der Waals surface area contributed by atoms with Gasteiger partial charge in [-0.15, -0.1) is 9.42 Å². The summed E-state index contributed by atoms with van der Waals surface area (Å²) in [6.45, 7) is 2.48. The van der Waals surface area contributed by atoms with Crippen molar-refractivity contribution in [2.24, 2.45) is 0 Å². The summed E-state index contributed by atoms with van der Waals surface area (Å²) in [7, 11) is -2.73. The summed E-state index contributed by atoms with van der Waals surface area (Å²) in [4.78, 5) is 18.6. The Morgan fingerprint density at radius 1 is 1.62 bits per heavy atom. The zero-order valence-electron chi connectivity index (χ0n) is 6.75. The van der Waals surface area contributed by atoms with Gasteiger partial charge in [0.05, 0.1) is 0 Å². The number of rotatable bonds is 6. The van der Waals surface area contributed by atoms with Crippen LogP contribution in [0.5, 0.6) is 0 Å².